The van der Waals surface area contributed by atoms with Crippen LogP contribution in [-0.2, 0) is 10.5 Å². The predicted molar refractivity (Wildman–Crippen MR) is 116 cm³/mol. The summed E-state index contributed by atoms with van der Waals surface area (Å²) in [6, 6.07) is 11.9. The van der Waals surface area contributed by atoms with E-state index in [1.54, 1.807) is 18.9 Å². The van der Waals surface area contributed by atoms with E-state index in [0.29, 0.717) is 11.7 Å². The first-order chi connectivity index (χ1) is 12.8. The van der Waals surface area contributed by atoms with Gasteiger partial charge in [-0.25, -0.2) is 0 Å². The average molecular weight is 406 g/mol. The van der Waals surface area contributed by atoms with Gasteiger partial charge in [0.05, 0.1) is 18.9 Å². The van der Waals surface area contributed by atoms with Gasteiger partial charge in [-0.15, -0.1) is 11.8 Å². The standard InChI is InChI=1S/C22H28ClNO2S/c1-14(2)18-11-19(15(3)10-21(18)26-5)16(4)24-22(25)13-27-12-17-8-6-7-9-20(17)23/h6-11,14,16H,12-13H2,1-5H3,(H,24,25). The molecule has 2 aromatic rings. The van der Waals surface area contributed by atoms with E-state index in [-0.39, 0.29) is 11.9 Å². The van der Waals surface area contributed by atoms with E-state index < -0.39 is 0 Å². The van der Waals surface area contributed by atoms with Crippen LogP contribution in [0.25, 0.3) is 0 Å². The lowest BCUT2D eigenvalue weighted by molar-refractivity contribution is -0.119. The van der Waals surface area contributed by atoms with Crippen molar-refractivity contribution in [1.82, 2.24) is 5.32 Å². The third kappa shape index (κ3) is 5.91. The molecule has 0 radical (unpaired) electrons. The molecule has 146 valence electrons. The van der Waals surface area contributed by atoms with E-state index in [4.69, 9.17) is 16.3 Å². The van der Waals surface area contributed by atoms with Crippen LogP contribution in [0.15, 0.2) is 36.4 Å². The fraction of sp³-hybridized carbons (Fsp3) is 0.409. The highest BCUT2D eigenvalue weighted by molar-refractivity contribution is 7.99. The van der Waals surface area contributed by atoms with Crippen molar-refractivity contribution in [1.29, 1.82) is 0 Å². The number of nitrogens with one attached hydrogen (secondary N) is 1. The molecule has 27 heavy (non-hydrogen) atoms. The first-order valence-electron chi connectivity index (χ1n) is 9.12. The second-order valence-corrected chi connectivity index (χ2v) is 8.37. The van der Waals surface area contributed by atoms with Gasteiger partial charge in [-0.3, -0.25) is 4.79 Å². The van der Waals surface area contributed by atoms with Crippen LogP contribution in [0.2, 0.25) is 5.02 Å². The maximum Gasteiger partial charge on any atom is 0.230 e. The second-order valence-electron chi connectivity index (χ2n) is 6.98. The Morgan fingerprint density at radius 2 is 1.89 bits per heavy atom. The number of thioether (sulfide) groups is 1. The average Bonchev–Trinajstić information content (AvgIpc) is 2.62. The monoisotopic (exact) mass is 405 g/mol. The molecule has 0 aliphatic heterocycles. The Kier molecular flexibility index (Phi) is 8.06. The van der Waals surface area contributed by atoms with Gasteiger partial charge < -0.3 is 10.1 Å². The Bertz CT molecular complexity index is 792. The van der Waals surface area contributed by atoms with Crippen LogP contribution in [0.4, 0.5) is 0 Å². The number of hydrogen-bond acceptors (Lipinski definition) is 3. The topological polar surface area (TPSA) is 38.3 Å². The van der Waals surface area contributed by atoms with Gasteiger partial charge in [-0.2, -0.15) is 0 Å². The van der Waals surface area contributed by atoms with Crippen LogP contribution in [0, 0.1) is 6.92 Å². The summed E-state index contributed by atoms with van der Waals surface area (Å²) in [6.45, 7) is 8.36. The summed E-state index contributed by atoms with van der Waals surface area (Å²) in [7, 11) is 1.70. The summed E-state index contributed by atoms with van der Waals surface area (Å²) in [5.41, 5.74) is 4.46. The Morgan fingerprint density at radius 1 is 1.19 bits per heavy atom. The van der Waals surface area contributed by atoms with Gasteiger partial charge in [-0.1, -0.05) is 43.6 Å². The number of carbonyl (C=O) groups is 1. The van der Waals surface area contributed by atoms with Gasteiger partial charge in [-0.05, 0) is 60.2 Å². The SMILES string of the molecule is COc1cc(C)c(C(C)NC(=O)CSCc2ccccc2Cl)cc1C(C)C. The molecule has 0 bridgehead atoms. The molecule has 0 aliphatic carbocycles. The van der Waals surface area contributed by atoms with E-state index >= 15 is 0 Å². The molecule has 1 amide bonds. The van der Waals surface area contributed by atoms with Crippen LogP contribution < -0.4 is 10.1 Å². The summed E-state index contributed by atoms with van der Waals surface area (Å²) >= 11 is 7.73. The maximum absolute atomic E-state index is 12.4. The van der Waals surface area contributed by atoms with Crippen molar-refractivity contribution in [2.24, 2.45) is 0 Å². The number of benzene rings is 2. The lowest BCUT2D eigenvalue weighted by Gasteiger charge is -2.21. The number of rotatable bonds is 8. The number of amides is 1. The molecule has 0 fully saturated rings. The molecule has 0 saturated heterocycles. The first kappa shape index (κ1) is 21.6. The highest BCUT2D eigenvalue weighted by atomic mass is 35.5. The highest BCUT2D eigenvalue weighted by Gasteiger charge is 2.17. The van der Waals surface area contributed by atoms with Crippen LogP contribution in [0.1, 0.15) is 55.0 Å². The minimum Gasteiger partial charge on any atom is -0.496 e. The molecular weight excluding hydrogens is 378 g/mol. The van der Waals surface area contributed by atoms with Gasteiger partial charge in [0.15, 0.2) is 0 Å². The van der Waals surface area contributed by atoms with Gasteiger partial charge in [0.25, 0.3) is 0 Å². The number of aryl methyl sites for hydroxylation is 1. The molecule has 3 nitrogen and oxygen atoms in total. The molecule has 1 unspecified atom stereocenters. The number of hydrogen-bond donors (Lipinski definition) is 1. The van der Waals surface area contributed by atoms with Crippen molar-refractivity contribution in [2.75, 3.05) is 12.9 Å². The molecule has 0 saturated carbocycles. The van der Waals surface area contributed by atoms with Crippen molar-refractivity contribution in [3.05, 3.63) is 63.7 Å². The molecule has 0 aromatic heterocycles. The van der Waals surface area contributed by atoms with Gasteiger partial charge >= 0.3 is 0 Å². The smallest absolute Gasteiger partial charge is 0.230 e. The molecular formula is C22H28ClNO2S. The van der Waals surface area contributed by atoms with Crippen molar-refractivity contribution in [3.63, 3.8) is 0 Å². The minimum absolute atomic E-state index is 0.0286. The number of ether oxygens (including phenoxy) is 1. The van der Waals surface area contributed by atoms with E-state index in [1.807, 2.05) is 31.2 Å². The fourth-order valence-corrected chi connectivity index (χ4v) is 4.16. The van der Waals surface area contributed by atoms with Gasteiger partial charge in [0.2, 0.25) is 5.91 Å². The fourth-order valence-electron chi connectivity index (χ4n) is 3.04. The molecule has 1 N–H and O–H groups in total. The molecule has 1 atom stereocenters. The maximum atomic E-state index is 12.4. The zero-order valence-corrected chi connectivity index (χ0v) is 18.2. The summed E-state index contributed by atoms with van der Waals surface area (Å²) < 4.78 is 5.51. The zero-order chi connectivity index (χ0) is 20.0. The Hall–Kier alpha value is -1.65. The second kappa shape index (κ2) is 10.0. The van der Waals surface area contributed by atoms with Crippen molar-refractivity contribution >= 4 is 29.3 Å². The molecule has 0 aliphatic rings. The first-order valence-corrected chi connectivity index (χ1v) is 10.7. The van der Waals surface area contributed by atoms with E-state index in [9.17, 15) is 4.79 Å². The lowest BCUT2D eigenvalue weighted by atomic mass is 9.93. The third-order valence-corrected chi connectivity index (χ3v) is 5.88. The number of halogens is 1. The summed E-state index contributed by atoms with van der Waals surface area (Å²) in [5.74, 6) is 2.41. The quantitative estimate of drug-likeness (QED) is 0.594. The Balaban J connectivity index is 1.98. The largest absolute Gasteiger partial charge is 0.496 e. The van der Waals surface area contributed by atoms with Crippen LogP contribution >= 0.6 is 23.4 Å². The van der Waals surface area contributed by atoms with Crippen molar-refractivity contribution < 1.29 is 9.53 Å². The molecule has 0 heterocycles. The minimum atomic E-state index is -0.0539. The highest BCUT2D eigenvalue weighted by Crippen LogP contribution is 2.32. The van der Waals surface area contributed by atoms with E-state index in [2.05, 4.69) is 38.2 Å². The zero-order valence-electron chi connectivity index (χ0n) is 16.6. The predicted octanol–water partition coefficient (Wildman–Crippen LogP) is 5.89. The lowest BCUT2D eigenvalue weighted by Crippen LogP contribution is -2.28. The number of methoxy groups -OCH3 is 1. The summed E-state index contributed by atoms with van der Waals surface area (Å²) in [4.78, 5) is 12.4. The summed E-state index contributed by atoms with van der Waals surface area (Å²) in [5, 5.41) is 3.85. The Labute approximate surface area is 171 Å². The van der Waals surface area contributed by atoms with Crippen LogP contribution in [0.5, 0.6) is 5.75 Å². The van der Waals surface area contributed by atoms with Crippen LogP contribution in [-0.4, -0.2) is 18.8 Å². The normalized spacial score (nSPS) is 12.1. The van der Waals surface area contributed by atoms with Gasteiger partial charge in [0.1, 0.15) is 5.75 Å². The third-order valence-electron chi connectivity index (χ3n) is 4.53. The van der Waals surface area contributed by atoms with Crippen molar-refractivity contribution in [2.45, 2.75) is 45.4 Å². The van der Waals surface area contributed by atoms with Crippen LogP contribution in [0.3, 0.4) is 0 Å². The Morgan fingerprint density at radius 3 is 2.52 bits per heavy atom. The van der Waals surface area contributed by atoms with E-state index in [1.165, 1.54) is 0 Å². The summed E-state index contributed by atoms with van der Waals surface area (Å²) in [6.07, 6.45) is 0. The molecule has 2 rings (SSSR count). The van der Waals surface area contributed by atoms with Crippen molar-refractivity contribution in [3.8, 4) is 5.75 Å². The number of carbonyl (C=O) groups excluding carboxylic acids is 1. The molecule has 5 heteroatoms. The molecule has 2 aromatic carbocycles. The molecule has 0 spiro atoms. The van der Waals surface area contributed by atoms with Gasteiger partial charge in [0, 0.05) is 10.8 Å². The van der Waals surface area contributed by atoms with E-state index in [0.717, 1.165) is 38.8 Å².